The molecule has 0 aliphatic heterocycles. The predicted octanol–water partition coefficient (Wildman–Crippen LogP) is 3.43. The quantitative estimate of drug-likeness (QED) is 0.682. The van der Waals surface area contributed by atoms with Crippen LogP contribution in [0.2, 0.25) is 0 Å². The van der Waals surface area contributed by atoms with Crippen LogP contribution in [0.15, 0.2) is 40.0 Å². The second-order valence-electron chi connectivity index (χ2n) is 4.57. The number of halogens is 3. The summed E-state index contributed by atoms with van der Waals surface area (Å²) >= 11 is -1.31. The SMILES string of the molecule is CC[S+]([O-])c1cnccc1-c1nc2cc(C(F)(F)F)cnc2o1. The number of nitrogens with zero attached hydrogens (tertiary/aromatic N) is 3. The zero-order valence-electron chi connectivity index (χ0n) is 11.8. The molecule has 0 fully saturated rings. The Hall–Kier alpha value is -2.13. The molecule has 0 aromatic carbocycles. The van der Waals surface area contributed by atoms with Gasteiger partial charge in [0.2, 0.25) is 11.6 Å². The summed E-state index contributed by atoms with van der Waals surface area (Å²) < 4.78 is 55.6. The molecule has 0 saturated heterocycles. The summed E-state index contributed by atoms with van der Waals surface area (Å²) in [5.74, 6) is 0.432. The lowest BCUT2D eigenvalue weighted by Crippen LogP contribution is -2.06. The third-order valence-corrected chi connectivity index (χ3v) is 4.44. The molecule has 0 radical (unpaired) electrons. The number of oxazole rings is 1. The van der Waals surface area contributed by atoms with E-state index in [9.17, 15) is 17.7 Å². The first-order valence-electron chi connectivity index (χ1n) is 6.56. The molecule has 5 nitrogen and oxygen atoms in total. The Morgan fingerprint density at radius 2 is 2.09 bits per heavy atom. The molecule has 0 bridgehead atoms. The summed E-state index contributed by atoms with van der Waals surface area (Å²) in [6.07, 6.45) is -0.922. The standard InChI is InChI=1S/C14H10F3N3O2S/c1-2-23(21)11-7-18-4-3-9(11)12-20-10-5-8(14(15,16)17)6-19-13(10)22-12/h3-7H,2H2,1H3. The van der Waals surface area contributed by atoms with E-state index in [4.69, 9.17) is 4.42 Å². The van der Waals surface area contributed by atoms with Gasteiger partial charge in [0.05, 0.1) is 17.3 Å². The molecule has 9 heteroatoms. The smallest absolute Gasteiger partial charge is 0.417 e. The molecule has 0 saturated carbocycles. The summed E-state index contributed by atoms with van der Waals surface area (Å²) in [6.45, 7) is 1.75. The number of aromatic nitrogens is 3. The van der Waals surface area contributed by atoms with Crippen molar-refractivity contribution in [3.63, 3.8) is 0 Å². The topological polar surface area (TPSA) is 74.9 Å². The highest BCUT2D eigenvalue weighted by molar-refractivity contribution is 7.91. The third kappa shape index (κ3) is 3.02. The molecule has 0 aliphatic carbocycles. The molecule has 1 unspecified atom stereocenters. The maximum atomic E-state index is 12.7. The minimum absolute atomic E-state index is 0.0140. The van der Waals surface area contributed by atoms with E-state index in [0.717, 1.165) is 6.07 Å². The Balaban J connectivity index is 2.12. The minimum Gasteiger partial charge on any atom is -0.611 e. The Kier molecular flexibility index (Phi) is 3.99. The van der Waals surface area contributed by atoms with E-state index in [0.29, 0.717) is 22.4 Å². The van der Waals surface area contributed by atoms with Crippen molar-refractivity contribution < 1.29 is 22.1 Å². The number of hydrogen-bond donors (Lipinski definition) is 0. The largest absolute Gasteiger partial charge is 0.611 e. The van der Waals surface area contributed by atoms with E-state index in [1.807, 2.05) is 0 Å². The first-order valence-corrected chi connectivity index (χ1v) is 7.88. The first kappa shape index (κ1) is 15.8. The fraction of sp³-hybridized carbons (Fsp3) is 0.214. The number of rotatable bonds is 3. The molecular formula is C14H10F3N3O2S. The van der Waals surface area contributed by atoms with Gasteiger partial charge in [0.1, 0.15) is 11.3 Å². The van der Waals surface area contributed by atoms with Crippen molar-refractivity contribution in [1.82, 2.24) is 15.0 Å². The van der Waals surface area contributed by atoms with E-state index in [-0.39, 0.29) is 17.1 Å². The molecule has 120 valence electrons. The fourth-order valence-corrected chi connectivity index (χ4v) is 2.88. The molecule has 0 spiro atoms. The van der Waals surface area contributed by atoms with Gasteiger partial charge in [-0.2, -0.15) is 13.2 Å². The van der Waals surface area contributed by atoms with E-state index < -0.39 is 22.9 Å². The monoisotopic (exact) mass is 341 g/mol. The predicted molar refractivity (Wildman–Crippen MR) is 77.0 cm³/mol. The summed E-state index contributed by atoms with van der Waals surface area (Å²) in [4.78, 5) is 12.0. The van der Waals surface area contributed by atoms with Crippen molar-refractivity contribution in [1.29, 1.82) is 0 Å². The van der Waals surface area contributed by atoms with Crippen molar-refractivity contribution in [3.8, 4) is 11.5 Å². The number of fused-ring (bicyclic) bond motifs is 1. The van der Waals surface area contributed by atoms with Crippen molar-refractivity contribution in [2.24, 2.45) is 0 Å². The van der Waals surface area contributed by atoms with Crippen LogP contribution in [-0.4, -0.2) is 25.3 Å². The highest BCUT2D eigenvalue weighted by Gasteiger charge is 2.32. The Labute approximate surface area is 131 Å². The number of alkyl halides is 3. The van der Waals surface area contributed by atoms with Crippen LogP contribution in [0.3, 0.4) is 0 Å². The lowest BCUT2D eigenvalue weighted by atomic mass is 10.2. The lowest BCUT2D eigenvalue weighted by molar-refractivity contribution is -0.137. The van der Waals surface area contributed by atoms with Gasteiger partial charge in [-0.1, -0.05) is 0 Å². The summed E-state index contributed by atoms with van der Waals surface area (Å²) in [7, 11) is 0. The average Bonchev–Trinajstić information content (AvgIpc) is 2.96. The van der Waals surface area contributed by atoms with E-state index in [1.165, 1.54) is 12.4 Å². The molecular weight excluding hydrogens is 331 g/mol. The van der Waals surface area contributed by atoms with Gasteiger partial charge in [-0.3, -0.25) is 4.98 Å². The Morgan fingerprint density at radius 1 is 1.30 bits per heavy atom. The van der Waals surface area contributed by atoms with Crippen LogP contribution in [-0.2, 0) is 17.4 Å². The van der Waals surface area contributed by atoms with Gasteiger partial charge >= 0.3 is 6.18 Å². The molecule has 0 amide bonds. The van der Waals surface area contributed by atoms with Gasteiger partial charge in [-0.25, -0.2) is 9.97 Å². The van der Waals surface area contributed by atoms with Gasteiger partial charge < -0.3 is 8.97 Å². The van der Waals surface area contributed by atoms with Crippen LogP contribution in [0.25, 0.3) is 22.7 Å². The van der Waals surface area contributed by atoms with E-state index in [1.54, 1.807) is 13.0 Å². The van der Waals surface area contributed by atoms with E-state index in [2.05, 4.69) is 15.0 Å². The highest BCUT2D eigenvalue weighted by Crippen LogP contribution is 2.33. The van der Waals surface area contributed by atoms with Gasteiger partial charge in [-0.05, 0) is 30.2 Å². The van der Waals surface area contributed by atoms with Gasteiger partial charge in [0.15, 0.2) is 4.90 Å². The van der Waals surface area contributed by atoms with Crippen molar-refractivity contribution >= 4 is 22.4 Å². The molecule has 23 heavy (non-hydrogen) atoms. The van der Waals surface area contributed by atoms with Crippen LogP contribution < -0.4 is 0 Å². The zero-order valence-corrected chi connectivity index (χ0v) is 12.6. The summed E-state index contributed by atoms with van der Waals surface area (Å²) in [5.41, 5.74) is -0.512. The third-order valence-electron chi connectivity index (χ3n) is 3.10. The maximum Gasteiger partial charge on any atom is 0.417 e. The second-order valence-corrected chi connectivity index (χ2v) is 6.28. The van der Waals surface area contributed by atoms with Crippen molar-refractivity contribution in [2.75, 3.05) is 5.75 Å². The van der Waals surface area contributed by atoms with Crippen LogP contribution in [0.5, 0.6) is 0 Å². The highest BCUT2D eigenvalue weighted by atomic mass is 32.2. The maximum absolute atomic E-state index is 12.7. The van der Waals surface area contributed by atoms with Gasteiger partial charge in [0, 0.05) is 12.4 Å². The molecule has 3 heterocycles. The second kappa shape index (κ2) is 5.82. The number of pyridine rings is 2. The molecule has 3 rings (SSSR count). The molecule has 0 aliphatic rings. The van der Waals surface area contributed by atoms with Crippen LogP contribution in [0.1, 0.15) is 12.5 Å². The molecule has 3 aromatic rings. The van der Waals surface area contributed by atoms with Gasteiger partial charge in [0.25, 0.3) is 0 Å². The number of hydrogen-bond acceptors (Lipinski definition) is 5. The molecule has 1 atom stereocenters. The Bertz CT molecular complexity index is 851. The van der Waals surface area contributed by atoms with Gasteiger partial charge in [-0.15, -0.1) is 0 Å². The normalized spacial score (nSPS) is 13.4. The molecule has 0 N–H and O–H groups in total. The average molecular weight is 341 g/mol. The zero-order chi connectivity index (χ0) is 16.6. The summed E-state index contributed by atoms with van der Waals surface area (Å²) in [6, 6.07) is 2.42. The van der Waals surface area contributed by atoms with Crippen LogP contribution >= 0.6 is 0 Å². The van der Waals surface area contributed by atoms with Crippen molar-refractivity contribution in [2.45, 2.75) is 18.0 Å². The Morgan fingerprint density at radius 3 is 2.78 bits per heavy atom. The fourth-order valence-electron chi connectivity index (χ4n) is 1.99. The lowest BCUT2D eigenvalue weighted by Gasteiger charge is -2.09. The van der Waals surface area contributed by atoms with Crippen LogP contribution in [0, 0.1) is 0 Å². The molecule has 3 aromatic heterocycles. The van der Waals surface area contributed by atoms with E-state index >= 15 is 0 Å². The minimum atomic E-state index is -4.51. The van der Waals surface area contributed by atoms with Crippen molar-refractivity contribution in [3.05, 3.63) is 36.3 Å². The first-order chi connectivity index (χ1) is 10.9. The van der Waals surface area contributed by atoms with Crippen LogP contribution in [0.4, 0.5) is 13.2 Å². The summed E-state index contributed by atoms with van der Waals surface area (Å²) in [5, 5.41) is 0.